The van der Waals surface area contributed by atoms with Gasteiger partial charge in [-0.2, -0.15) is 0 Å². The van der Waals surface area contributed by atoms with Crippen LogP contribution in [-0.4, -0.2) is 28.3 Å². The van der Waals surface area contributed by atoms with Crippen molar-refractivity contribution >= 4 is 23.6 Å². The van der Waals surface area contributed by atoms with E-state index in [9.17, 15) is 9.59 Å². The van der Waals surface area contributed by atoms with Crippen LogP contribution < -0.4 is 5.32 Å². The van der Waals surface area contributed by atoms with Gasteiger partial charge in [0.05, 0.1) is 5.25 Å². The molecule has 2 N–H and O–H groups in total. The lowest BCUT2D eigenvalue weighted by Crippen LogP contribution is -2.44. The standard InChI is InChI=1S/C15H21NO3S/c1-9(2)13(14(17)16-11(4)15(18)19)20-12-8-6-5-7-10(12)3/h5-9,11,13H,1-4H3,(H,16,17)(H,18,19). The minimum Gasteiger partial charge on any atom is -0.480 e. The van der Waals surface area contributed by atoms with Gasteiger partial charge in [-0.1, -0.05) is 32.0 Å². The van der Waals surface area contributed by atoms with Crippen molar-refractivity contribution in [2.24, 2.45) is 5.92 Å². The summed E-state index contributed by atoms with van der Waals surface area (Å²) in [4.78, 5) is 24.1. The van der Waals surface area contributed by atoms with Gasteiger partial charge in [-0.3, -0.25) is 9.59 Å². The third-order valence-electron chi connectivity index (χ3n) is 2.94. The van der Waals surface area contributed by atoms with E-state index >= 15 is 0 Å². The molecule has 4 nitrogen and oxygen atoms in total. The number of carboxylic acid groups (broad SMARTS) is 1. The van der Waals surface area contributed by atoms with E-state index in [1.54, 1.807) is 0 Å². The third-order valence-corrected chi connectivity index (χ3v) is 4.66. The number of aliphatic carboxylic acids is 1. The summed E-state index contributed by atoms with van der Waals surface area (Å²) in [5.41, 5.74) is 1.11. The molecular weight excluding hydrogens is 274 g/mol. The third kappa shape index (κ3) is 4.56. The molecule has 0 saturated heterocycles. The molecule has 0 aromatic heterocycles. The molecule has 0 aliphatic heterocycles. The van der Waals surface area contributed by atoms with E-state index in [1.807, 2.05) is 45.0 Å². The molecule has 0 spiro atoms. The van der Waals surface area contributed by atoms with Crippen LogP contribution in [0.15, 0.2) is 29.2 Å². The molecule has 1 amide bonds. The molecule has 2 unspecified atom stereocenters. The highest BCUT2D eigenvalue weighted by Gasteiger charge is 2.26. The van der Waals surface area contributed by atoms with Crippen molar-refractivity contribution in [2.75, 3.05) is 0 Å². The van der Waals surface area contributed by atoms with Crippen molar-refractivity contribution in [2.45, 2.75) is 43.9 Å². The van der Waals surface area contributed by atoms with E-state index in [-0.39, 0.29) is 17.1 Å². The van der Waals surface area contributed by atoms with Crippen LogP contribution >= 0.6 is 11.8 Å². The minimum atomic E-state index is -1.03. The fraction of sp³-hybridized carbons (Fsp3) is 0.467. The van der Waals surface area contributed by atoms with Gasteiger partial charge in [0.25, 0.3) is 0 Å². The molecule has 0 aliphatic carbocycles. The lowest BCUT2D eigenvalue weighted by Gasteiger charge is -2.22. The van der Waals surface area contributed by atoms with Crippen LogP contribution in [0.5, 0.6) is 0 Å². The number of hydrogen-bond acceptors (Lipinski definition) is 3. The van der Waals surface area contributed by atoms with Crippen LogP contribution in [0, 0.1) is 12.8 Å². The maximum Gasteiger partial charge on any atom is 0.325 e. The normalized spacial score (nSPS) is 13.8. The SMILES string of the molecule is Cc1ccccc1SC(C(=O)NC(C)C(=O)O)C(C)C. The van der Waals surface area contributed by atoms with Gasteiger partial charge in [-0.05, 0) is 31.4 Å². The molecule has 2 atom stereocenters. The molecule has 110 valence electrons. The van der Waals surface area contributed by atoms with E-state index in [0.29, 0.717) is 0 Å². The molecule has 0 radical (unpaired) electrons. The Balaban J connectivity index is 2.82. The van der Waals surface area contributed by atoms with Gasteiger partial charge in [0.2, 0.25) is 5.91 Å². The lowest BCUT2D eigenvalue weighted by atomic mass is 10.1. The predicted molar refractivity (Wildman–Crippen MR) is 80.9 cm³/mol. The number of carbonyl (C=O) groups excluding carboxylic acids is 1. The van der Waals surface area contributed by atoms with Gasteiger partial charge in [-0.15, -0.1) is 11.8 Å². The van der Waals surface area contributed by atoms with Crippen LogP contribution in [-0.2, 0) is 9.59 Å². The van der Waals surface area contributed by atoms with Crippen LogP contribution in [0.1, 0.15) is 26.3 Å². The molecule has 0 aliphatic rings. The molecule has 20 heavy (non-hydrogen) atoms. The van der Waals surface area contributed by atoms with E-state index < -0.39 is 12.0 Å². The van der Waals surface area contributed by atoms with Gasteiger partial charge >= 0.3 is 5.97 Å². The summed E-state index contributed by atoms with van der Waals surface area (Å²) < 4.78 is 0. The summed E-state index contributed by atoms with van der Waals surface area (Å²) in [6, 6.07) is 6.99. The highest BCUT2D eigenvalue weighted by molar-refractivity contribution is 8.00. The molecule has 1 aromatic carbocycles. The number of carboxylic acids is 1. The molecule has 5 heteroatoms. The zero-order valence-corrected chi connectivity index (χ0v) is 13.0. The number of rotatable bonds is 6. The number of benzene rings is 1. The number of thioether (sulfide) groups is 1. The fourth-order valence-corrected chi connectivity index (χ4v) is 2.81. The fourth-order valence-electron chi connectivity index (χ4n) is 1.68. The first-order valence-corrected chi connectivity index (χ1v) is 7.46. The monoisotopic (exact) mass is 295 g/mol. The van der Waals surface area contributed by atoms with Crippen molar-refractivity contribution < 1.29 is 14.7 Å². The van der Waals surface area contributed by atoms with E-state index in [1.165, 1.54) is 18.7 Å². The average Bonchev–Trinajstić information content (AvgIpc) is 2.36. The number of nitrogens with one attached hydrogen (secondary N) is 1. The molecule has 0 bridgehead atoms. The average molecular weight is 295 g/mol. The largest absolute Gasteiger partial charge is 0.480 e. The summed E-state index contributed by atoms with van der Waals surface area (Å²) in [6.07, 6.45) is 0. The van der Waals surface area contributed by atoms with Crippen molar-refractivity contribution in [3.63, 3.8) is 0 Å². The smallest absolute Gasteiger partial charge is 0.325 e. The first kappa shape index (κ1) is 16.6. The van der Waals surface area contributed by atoms with Gasteiger partial charge in [-0.25, -0.2) is 0 Å². The topological polar surface area (TPSA) is 66.4 Å². The number of amides is 1. The van der Waals surface area contributed by atoms with Crippen LogP contribution in [0.25, 0.3) is 0 Å². The molecule has 0 heterocycles. The number of aryl methyl sites for hydroxylation is 1. The Morgan fingerprint density at radius 1 is 1.20 bits per heavy atom. The quantitative estimate of drug-likeness (QED) is 0.792. The van der Waals surface area contributed by atoms with Crippen molar-refractivity contribution in [3.8, 4) is 0 Å². The van der Waals surface area contributed by atoms with Gasteiger partial charge in [0.15, 0.2) is 0 Å². The molecule has 1 aromatic rings. The van der Waals surface area contributed by atoms with Gasteiger partial charge < -0.3 is 10.4 Å². The zero-order valence-electron chi connectivity index (χ0n) is 12.2. The Kier molecular flexibility index (Phi) is 6.07. The van der Waals surface area contributed by atoms with Crippen molar-refractivity contribution in [1.29, 1.82) is 0 Å². The Morgan fingerprint density at radius 3 is 2.30 bits per heavy atom. The lowest BCUT2D eigenvalue weighted by molar-refractivity contribution is -0.141. The Labute approximate surface area is 124 Å². The molecular formula is C15H21NO3S. The Hall–Kier alpha value is -1.49. The summed E-state index contributed by atoms with van der Waals surface area (Å²) in [5.74, 6) is -1.15. The Bertz CT molecular complexity index is 488. The molecule has 0 fully saturated rings. The maximum atomic E-state index is 12.2. The molecule has 0 saturated carbocycles. The summed E-state index contributed by atoms with van der Waals surface area (Å²) in [5, 5.41) is 11.1. The van der Waals surface area contributed by atoms with E-state index in [2.05, 4.69) is 5.32 Å². The summed E-state index contributed by atoms with van der Waals surface area (Å²) in [6.45, 7) is 7.38. The highest BCUT2D eigenvalue weighted by Crippen LogP contribution is 2.30. The summed E-state index contributed by atoms with van der Waals surface area (Å²) in [7, 11) is 0. The van der Waals surface area contributed by atoms with Gasteiger partial charge in [0.1, 0.15) is 6.04 Å². The predicted octanol–water partition coefficient (Wildman–Crippen LogP) is 2.70. The van der Waals surface area contributed by atoms with Crippen LogP contribution in [0.2, 0.25) is 0 Å². The second-order valence-corrected chi connectivity index (χ2v) is 6.30. The second kappa shape index (κ2) is 7.33. The van der Waals surface area contributed by atoms with Crippen molar-refractivity contribution in [1.82, 2.24) is 5.32 Å². The van der Waals surface area contributed by atoms with Gasteiger partial charge in [0, 0.05) is 4.90 Å². The minimum absolute atomic E-state index is 0.112. The molecule has 1 rings (SSSR count). The summed E-state index contributed by atoms with van der Waals surface area (Å²) >= 11 is 1.48. The van der Waals surface area contributed by atoms with E-state index in [0.717, 1.165) is 10.5 Å². The number of hydrogen-bond donors (Lipinski definition) is 2. The van der Waals surface area contributed by atoms with E-state index in [4.69, 9.17) is 5.11 Å². The van der Waals surface area contributed by atoms with Crippen LogP contribution in [0.3, 0.4) is 0 Å². The highest BCUT2D eigenvalue weighted by atomic mass is 32.2. The van der Waals surface area contributed by atoms with Crippen LogP contribution in [0.4, 0.5) is 0 Å². The Morgan fingerprint density at radius 2 is 1.80 bits per heavy atom. The zero-order chi connectivity index (χ0) is 15.3. The number of carbonyl (C=O) groups is 2. The first-order chi connectivity index (χ1) is 9.32. The first-order valence-electron chi connectivity index (χ1n) is 6.58. The second-order valence-electron chi connectivity index (χ2n) is 5.12. The van der Waals surface area contributed by atoms with Crippen molar-refractivity contribution in [3.05, 3.63) is 29.8 Å². The maximum absolute atomic E-state index is 12.2.